The number of halogens is 1. The van der Waals surface area contributed by atoms with Crippen molar-refractivity contribution in [3.63, 3.8) is 0 Å². The summed E-state index contributed by atoms with van der Waals surface area (Å²) in [6.45, 7) is 1.83. The highest BCUT2D eigenvalue weighted by atomic mass is 35.5. The van der Waals surface area contributed by atoms with Crippen molar-refractivity contribution in [3.05, 3.63) is 35.0 Å². The zero-order valence-corrected chi connectivity index (χ0v) is 11.2. The fourth-order valence-corrected chi connectivity index (χ4v) is 3.35. The zero-order valence-electron chi connectivity index (χ0n) is 10.5. The Labute approximate surface area is 112 Å². The van der Waals surface area contributed by atoms with Crippen LogP contribution in [0.3, 0.4) is 0 Å². The number of aromatic amines is 1. The number of fused-ring (bicyclic) bond motifs is 1. The highest BCUT2D eigenvalue weighted by molar-refractivity contribution is 6.35. The number of H-pyrrole nitrogens is 1. The lowest BCUT2D eigenvalue weighted by Crippen LogP contribution is -2.20. The Bertz CT molecular complexity index is 563. The number of nitrogens with two attached hydrogens (primary N) is 1. The van der Waals surface area contributed by atoms with E-state index in [2.05, 4.69) is 35.1 Å². The summed E-state index contributed by atoms with van der Waals surface area (Å²) in [6, 6.07) is 6.77. The second-order valence-electron chi connectivity index (χ2n) is 5.20. The number of hydrogen-bond acceptors (Lipinski definition) is 2. The van der Waals surface area contributed by atoms with Crippen molar-refractivity contribution >= 4 is 22.5 Å². The van der Waals surface area contributed by atoms with Gasteiger partial charge in [0, 0.05) is 29.7 Å². The molecule has 1 aromatic carbocycles. The van der Waals surface area contributed by atoms with E-state index in [1.165, 1.54) is 5.56 Å². The van der Waals surface area contributed by atoms with Crippen molar-refractivity contribution in [3.8, 4) is 0 Å². The van der Waals surface area contributed by atoms with Crippen LogP contribution in [0.2, 0.25) is 5.02 Å². The van der Waals surface area contributed by atoms with Crippen LogP contribution in [0.4, 0.5) is 0 Å². The number of hydrogen-bond donors (Lipinski definition) is 2. The molecule has 18 heavy (non-hydrogen) atoms. The van der Waals surface area contributed by atoms with E-state index in [0.29, 0.717) is 12.0 Å². The van der Waals surface area contributed by atoms with Crippen LogP contribution in [-0.2, 0) is 0 Å². The van der Waals surface area contributed by atoms with Crippen LogP contribution in [0.15, 0.2) is 24.4 Å². The maximum atomic E-state index is 6.30. The molecule has 2 heterocycles. The van der Waals surface area contributed by atoms with Gasteiger partial charge in [0.05, 0.1) is 5.02 Å². The molecule has 3 nitrogen and oxygen atoms in total. The Morgan fingerprint density at radius 1 is 1.50 bits per heavy atom. The molecular formula is C14H18ClN3. The second kappa shape index (κ2) is 4.57. The van der Waals surface area contributed by atoms with Gasteiger partial charge in [-0.1, -0.05) is 23.7 Å². The molecule has 2 unspecified atom stereocenters. The lowest BCUT2D eigenvalue weighted by Gasteiger charge is -2.20. The summed E-state index contributed by atoms with van der Waals surface area (Å²) in [7, 11) is 2.17. The Morgan fingerprint density at radius 3 is 3.06 bits per heavy atom. The summed E-state index contributed by atoms with van der Waals surface area (Å²) >= 11 is 6.30. The molecule has 3 rings (SSSR count). The minimum atomic E-state index is 0.426. The smallest absolute Gasteiger partial charge is 0.0662 e. The minimum absolute atomic E-state index is 0.426. The minimum Gasteiger partial charge on any atom is -0.360 e. The number of likely N-dealkylation sites (tertiary alicyclic amines) is 1. The van der Waals surface area contributed by atoms with Crippen LogP contribution < -0.4 is 5.73 Å². The Hall–Kier alpha value is -1.03. The maximum absolute atomic E-state index is 6.30. The van der Waals surface area contributed by atoms with E-state index < -0.39 is 0 Å². The van der Waals surface area contributed by atoms with E-state index >= 15 is 0 Å². The summed E-state index contributed by atoms with van der Waals surface area (Å²) in [4.78, 5) is 5.60. The molecule has 0 radical (unpaired) electrons. The molecule has 0 amide bonds. The molecule has 1 aromatic heterocycles. The lowest BCUT2D eigenvalue weighted by atomic mass is 9.97. The molecule has 4 heteroatoms. The van der Waals surface area contributed by atoms with Crippen molar-refractivity contribution in [2.45, 2.75) is 12.5 Å². The molecule has 2 aromatic rings. The molecule has 1 saturated heterocycles. The van der Waals surface area contributed by atoms with Crippen LogP contribution >= 0.6 is 11.6 Å². The largest absolute Gasteiger partial charge is 0.360 e. The first-order valence-corrected chi connectivity index (χ1v) is 6.74. The third-order valence-electron chi connectivity index (χ3n) is 4.02. The predicted octanol–water partition coefficient (Wildman–Crippen LogP) is 2.77. The Kier molecular flexibility index (Phi) is 3.06. The standard InChI is InChI=1S/C14H18ClN3/c1-18-8-9(6-16)5-13(18)10-3-2-4-12-14(10)11(15)7-17-12/h2-4,7,9,13,17H,5-6,8,16H2,1H3. The van der Waals surface area contributed by atoms with E-state index in [1.54, 1.807) is 0 Å². The number of aromatic nitrogens is 1. The fraction of sp³-hybridized carbons (Fsp3) is 0.429. The van der Waals surface area contributed by atoms with Crippen molar-refractivity contribution in [2.75, 3.05) is 20.1 Å². The van der Waals surface area contributed by atoms with E-state index in [1.807, 2.05) is 6.20 Å². The monoisotopic (exact) mass is 263 g/mol. The van der Waals surface area contributed by atoms with Gasteiger partial charge in [-0.25, -0.2) is 0 Å². The Balaban J connectivity index is 2.06. The number of rotatable bonds is 2. The summed E-state index contributed by atoms with van der Waals surface area (Å²) < 4.78 is 0. The molecule has 0 spiro atoms. The molecule has 2 atom stereocenters. The van der Waals surface area contributed by atoms with Gasteiger partial charge in [-0.3, -0.25) is 4.90 Å². The lowest BCUT2D eigenvalue weighted by molar-refractivity contribution is 0.315. The van der Waals surface area contributed by atoms with Crippen molar-refractivity contribution in [2.24, 2.45) is 11.7 Å². The predicted molar refractivity (Wildman–Crippen MR) is 75.8 cm³/mol. The van der Waals surface area contributed by atoms with Crippen LogP contribution in [0.5, 0.6) is 0 Å². The molecule has 0 aliphatic carbocycles. The van der Waals surface area contributed by atoms with Crippen LogP contribution in [0.25, 0.3) is 10.9 Å². The average molecular weight is 264 g/mol. The van der Waals surface area contributed by atoms with Crippen LogP contribution in [-0.4, -0.2) is 30.0 Å². The SMILES string of the molecule is CN1CC(CN)CC1c1cccc2[nH]cc(Cl)c12. The number of nitrogens with zero attached hydrogens (tertiary/aromatic N) is 1. The normalized spacial score (nSPS) is 25.1. The highest BCUT2D eigenvalue weighted by Gasteiger charge is 2.31. The highest BCUT2D eigenvalue weighted by Crippen LogP contribution is 2.39. The van der Waals surface area contributed by atoms with Gasteiger partial charge in [0.15, 0.2) is 0 Å². The van der Waals surface area contributed by atoms with E-state index in [4.69, 9.17) is 17.3 Å². The summed E-state index contributed by atoms with van der Waals surface area (Å²) in [5.74, 6) is 0.591. The molecule has 0 saturated carbocycles. The third-order valence-corrected chi connectivity index (χ3v) is 4.32. The van der Waals surface area contributed by atoms with Crippen molar-refractivity contribution < 1.29 is 0 Å². The van der Waals surface area contributed by atoms with Gasteiger partial charge in [0.2, 0.25) is 0 Å². The molecule has 1 aliphatic rings. The van der Waals surface area contributed by atoms with Gasteiger partial charge in [-0.2, -0.15) is 0 Å². The van der Waals surface area contributed by atoms with Gasteiger partial charge < -0.3 is 10.7 Å². The van der Waals surface area contributed by atoms with Crippen molar-refractivity contribution in [1.82, 2.24) is 9.88 Å². The first-order valence-electron chi connectivity index (χ1n) is 6.36. The Morgan fingerprint density at radius 2 is 2.33 bits per heavy atom. The topological polar surface area (TPSA) is 45.0 Å². The third kappa shape index (κ3) is 1.83. The maximum Gasteiger partial charge on any atom is 0.0662 e. The second-order valence-corrected chi connectivity index (χ2v) is 5.61. The van der Waals surface area contributed by atoms with Gasteiger partial charge >= 0.3 is 0 Å². The van der Waals surface area contributed by atoms with Gasteiger partial charge in [-0.05, 0) is 37.6 Å². The average Bonchev–Trinajstić information content (AvgIpc) is 2.93. The van der Waals surface area contributed by atoms with Gasteiger partial charge in [0.25, 0.3) is 0 Å². The van der Waals surface area contributed by atoms with Crippen LogP contribution in [0.1, 0.15) is 18.0 Å². The zero-order chi connectivity index (χ0) is 12.7. The fourth-order valence-electron chi connectivity index (χ4n) is 3.09. The van der Waals surface area contributed by atoms with E-state index in [9.17, 15) is 0 Å². The van der Waals surface area contributed by atoms with E-state index in [-0.39, 0.29) is 0 Å². The summed E-state index contributed by atoms with van der Waals surface area (Å²) in [5, 5.41) is 1.97. The first kappa shape index (κ1) is 12.0. The molecule has 3 N–H and O–H groups in total. The van der Waals surface area contributed by atoms with Gasteiger partial charge in [0.1, 0.15) is 0 Å². The quantitative estimate of drug-likeness (QED) is 0.875. The summed E-state index contributed by atoms with van der Waals surface area (Å²) in [6.07, 6.45) is 2.98. The van der Waals surface area contributed by atoms with Crippen molar-refractivity contribution in [1.29, 1.82) is 0 Å². The molecule has 1 aliphatic heterocycles. The first-order chi connectivity index (χ1) is 8.70. The van der Waals surface area contributed by atoms with E-state index in [0.717, 1.165) is 35.4 Å². The van der Waals surface area contributed by atoms with Gasteiger partial charge in [-0.15, -0.1) is 0 Å². The van der Waals surface area contributed by atoms with Crippen LogP contribution in [0, 0.1) is 5.92 Å². The number of nitrogens with one attached hydrogen (secondary N) is 1. The molecule has 1 fully saturated rings. The number of benzene rings is 1. The molecule has 96 valence electrons. The summed E-state index contributed by atoms with van der Waals surface area (Å²) in [5.41, 5.74) is 8.23. The molecule has 0 bridgehead atoms. The molecular weight excluding hydrogens is 246 g/mol.